The van der Waals surface area contributed by atoms with E-state index in [1.807, 2.05) is 0 Å². The number of aryl methyl sites for hydroxylation is 1. The van der Waals surface area contributed by atoms with Crippen molar-refractivity contribution in [2.24, 2.45) is 11.7 Å². The number of halogens is 3. The number of hydrogen-bond donors (Lipinski definition) is 2. The Balaban J connectivity index is 1.45. The first kappa shape index (κ1) is 27.4. The molecule has 1 heterocycles. The summed E-state index contributed by atoms with van der Waals surface area (Å²) in [6.45, 7) is 1.28. The second-order valence-electron chi connectivity index (χ2n) is 9.33. The third-order valence-electron chi connectivity index (χ3n) is 6.60. The van der Waals surface area contributed by atoms with Crippen LogP contribution in [-0.2, 0) is 4.79 Å². The van der Waals surface area contributed by atoms with Gasteiger partial charge in [-0.1, -0.05) is 41.4 Å². The number of ketones is 1. The predicted octanol–water partition coefficient (Wildman–Crippen LogP) is 7.21. The average molecular weight is 581 g/mol. The molecule has 1 saturated carbocycles. The highest BCUT2D eigenvalue weighted by atomic mass is 35.5. The number of carbonyl (C=O) groups excluding carboxylic acids is 1. The molecule has 0 radical (unpaired) electrons. The van der Waals surface area contributed by atoms with Crippen LogP contribution in [-0.4, -0.2) is 28.4 Å². The van der Waals surface area contributed by atoms with E-state index < -0.39 is 11.8 Å². The van der Waals surface area contributed by atoms with Crippen molar-refractivity contribution < 1.29 is 28.6 Å². The van der Waals surface area contributed by atoms with E-state index in [0.29, 0.717) is 16.7 Å². The first-order chi connectivity index (χ1) is 19.2. The Morgan fingerprint density at radius 3 is 2.35 bits per heavy atom. The number of rotatable bonds is 9. The summed E-state index contributed by atoms with van der Waals surface area (Å²) >= 11 is 12.7. The predicted molar refractivity (Wildman–Crippen MR) is 151 cm³/mol. The minimum Gasteiger partial charge on any atom is -0.486 e. The zero-order valence-corrected chi connectivity index (χ0v) is 22.7. The summed E-state index contributed by atoms with van der Waals surface area (Å²) in [5.74, 6) is -1.68. The highest BCUT2D eigenvalue weighted by Gasteiger charge is 2.34. The van der Waals surface area contributed by atoms with E-state index >= 15 is 4.39 Å². The summed E-state index contributed by atoms with van der Waals surface area (Å²) < 4.78 is 27.3. The van der Waals surface area contributed by atoms with Crippen LogP contribution in [0.25, 0.3) is 16.5 Å². The van der Waals surface area contributed by atoms with Crippen molar-refractivity contribution in [3.63, 3.8) is 0 Å². The van der Waals surface area contributed by atoms with Gasteiger partial charge in [-0.15, -0.1) is 0 Å². The molecule has 40 heavy (non-hydrogen) atoms. The molecule has 3 N–H and O–H groups in total. The number of pyridine rings is 1. The number of fused-ring (bicyclic) bond motifs is 1. The van der Waals surface area contributed by atoms with Crippen molar-refractivity contribution in [1.29, 1.82) is 0 Å². The SMILES string of the molecule is Cc1nc(Oc2cccc3c(F)c(OCC(C(=O)C4CC4)=C(N)c4c(Cl)cccc4Cl)ccc23)ccc1C(=O)O. The molecule has 5 rings (SSSR count). The highest BCUT2D eigenvalue weighted by Crippen LogP contribution is 2.38. The van der Waals surface area contributed by atoms with Crippen LogP contribution in [0.4, 0.5) is 4.39 Å². The zero-order chi connectivity index (χ0) is 28.6. The van der Waals surface area contributed by atoms with E-state index in [4.69, 9.17) is 38.4 Å². The molecule has 1 fully saturated rings. The molecule has 0 aliphatic heterocycles. The van der Waals surface area contributed by atoms with E-state index in [2.05, 4.69) is 4.98 Å². The van der Waals surface area contributed by atoms with Crippen LogP contribution >= 0.6 is 23.2 Å². The quantitative estimate of drug-likeness (QED) is 0.201. The molecule has 1 aliphatic carbocycles. The molecule has 0 unspecified atom stereocenters. The first-order valence-electron chi connectivity index (χ1n) is 12.4. The topological polar surface area (TPSA) is 112 Å². The van der Waals surface area contributed by atoms with Gasteiger partial charge < -0.3 is 20.3 Å². The van der Waals surface area contributed by atoms with Crippen molar-refractivity contribution in [2.45, 2.75) is 19.8 Å². The maximum atomic E-state index is 15.6. The maximum absolute atomic E-state index is 15.6. The molecule has 1 aliphatic rings. The van der Waals surface area contributed by atoms with Gasteiger partial charge in [0.1, 0.15) is 12.4 Å². The third-order valence-corrected chi connectivity index (χ3v) is 7.23. The number of aromatic nitrogens is 1. The first-order valence-corrected chi connectivity index (χ1v) is 13.1. The molecule has 1 aromatic heterocycles. The lowest BCUT2D eigenvalue weighted by atomic mass is 10.0. The number of aromatic carboxylic acids is 1. The molecule has 204 valence electrons. The van der Waals surface area contributed by atoms with Crippen LogP contribution in [0.15, 0.2) is 66.2 Å². The molecule has 0 spiro atoms. The standard InChI is InChI=1S/C30H23Cl2FN2O5/c1-15-17(30(37)38)11-13-25(35-15)40-23-7-2-4-19-18(23)10-12-24(27(19)33)39-14-20(29(36)16-8-9-16)28(34)26-21(31)5-3-6-22(26)32/h2-7,10-13,16H,8-9,14,34H2,1H3,(H,37,38). The smallest absolute Gasteiger partial charge is 0.337 e. The second-order valence-corrected chi connectivity index (χ2v) is 10.1. The van der Waals surface area contributed by atoms with Crippen LogP contribution in [0.3, 0.4) is 0 Å². The Kier molecular flexibility index (Phi) is 7.65. The minimum absolute atomic E-state index is 0.0594. The summed E-state index contributed by atoms with van der Waals surface area (Å²) in [5, 5.41) is 10.5. The number of nitrogens with zero attached hydrogens (tertiary/aromatic N) is 1. The molecule has 4 aromatic rings. The van der Waals surface area contributed by atoms with Crippen molar-refractivity contribution in [3.8, 4) is 17.4 Å². The number of carboxylic acids is 1. The van der Waals surface area contributed by atoms with Crippen LogP contribution < -0.4 is 15.2 Å². The Bertz CT molecular complexity index is 1680. The Morgan fingerprint density at radius 2 is 1.70 bits per heavy atom. The Morgan fingerprint density at radius 1 is 1.00 bits per heavy atom. The largest absolute Gasteiger partial charge is 0.486 e. The zero-order valence-electron chi connectivity index (χ0n) is 21.2. The molecular formula is C30H23Cl2FN2O5. The fraction of sp³-hybridized carbons (Fsp3) is 0.167. The Labute approximate surface area is 238 Å². The van der Waals surface area contributed by atoms with Gasteiger partial charge in [0, 0.05) is 28.3 Å². The van der Waals surface area contributed by atoms with Crippen molar-refractivity contribution in [3.05, 3.63) is 98.9 Å². The fourth-order valence-corrected chi connectivity index (χ4v) is 4.94. The monoisotopic (exact) mass is 580 g/mol. The maximum Gasteiger partial charge on any atom is 0.337 e. The van der Waals surface area contributed by atoms with E-state index in [1.165, 1.54) is 18.2 Å². The molecular weight excluding hydrogens is 558 g/mol. The number of Topliss-reactive ketones (excluding diaryl/α,β-unsaturated/α-hetero) is 1. The lowest BCUT2D eigenvalue weighted by Crippen LogP contribution is -2.19. The molecule has 0 saturated heterocycles. The van der Waals surface area contributed by atoms with E-state index in [-0.39, 0.29) is 67.9 Å². The van der Waals surface area contributed by atoms with E-state index in [1.54, 1.807) is 49.4 Å². The molecule has 0 atom stereocenters. The highest BCUT2D eigenvalue weighted by molar-refractivity contribution is 6.37. The number of ether oxygens (including phenoxy) is 2. The number of benzene rings is 3. The number of carboxylic acid groups (broad SMARTS) is 1. The van der Waals surface area contributed by atoms with Crippen molar-refractivity contribution in [1.82, 2.24) is 4.98 Å². The van der Waals surface area contributed by atoms with E-state index in [0.717, 1.165) is 12.8 Å². The minimum atomic E-state index is -1.09. The lowest BCUT2D eigenvalue weighted by molar-refractivity contribution is -0.117. The van der Waals surface area contributed by atoms with Gasteiger partial charge in [0.05, 0.1) is 32.6 Å². The van der Waals surface area contributed by atoms with Crippen LogP contribution in [0, 0.1) is 18.7 Å². The second kappa shape index (κ2) is 11.2. The fourth-order valence-electron chi connectivity index (χ4n) is 4.34. The van der Waals surface area contributed by atoms with Crippen molar-refractivity contribution in [2.75, 3.05) is 6.61 Å². The summed E-state index contributed by atoms with van der Waals surface area (Å²) in [6, 6.07) is 15.6. The van der Waals surface area contributed by atoms with Crippen LogP contribution in [0.5, 0.6) is 17.4 Å². The van der Waals surface area contributed by atoms with Crippen molar-refractivity contribution >= 4 is 51.4 Å². The lowest BCUT2D eigenvalue weighted by Gasteiger charge is -2.16. The summed E-state index contributed by atoms with van der Waals surface area (Å²) in [7, 11) is 0. The van der Waals surface area contributed by atoms with Gasteiger partial charge in [-0.3, -0.25) is 4.79 Å². The van der Waals surface area contributed by atoms with Gasteiger partial charge in [-0.2, -0.15) is 0 Å². The van der Waals surface area contributed by atoms with Gasteiger partial charge in [0.25, 0.3) is 0 Å². The Hall–Kier alpha value is -4.14. The number of hydrogen-bond acceptors (Lipinski definition) is 6. The van der Waals surface area contributed by atoms with Gasteiger partial charge in [-0.05, 0) is 56.2 Å². The van der Waals surface area contributed by atoms with Crippen LogP contribution in [0.1, 0.15) is 34.5 Å². The van der Waals surface area contributed by atoms with Gasteiger partial charge in [-0.25, -0.2) is 14.2 Å². The van der Waals surface area contributed by atoms with E-state index in [9.17, 15) is 14.7 Å². The molecule has 0 bridgehead atoms. The van der Waals surface area contributed by atoms with Gasteiger partial charge >= 0.3 is 5.97 Å². The normalized spacial score (nSPS) is 13.6. The third kappa shape index (κ3) is 5.46. The summed E-state index contributed by atoms with van der Waals surface area (Å²) in [5.41, 5.74) is 7.35. The molecule has 0 amide bonds. The van der Waals surface area contributed by atoms with Crippen LogP contribution in [0.2, 0.25) is 10.0 Å². The van der Waals surface area contributed by atoms with Gasteiger partial charge in [0.15, 0.2) is 17.3 Å². The van der Waals surface area contributed by atoms with Gasteiger partial charge in [0.2, 0.25) is 5.88 Å². The molecule has 3 aromatic carbocycles. The summed E-state index contributed by atoms with van der Waals surface area (Å²) in [4.78, 5) is 28.6. The number of carbonyl (C=O) groups is 2. The summed E-state index contributed by atoms with van der Waals surface area (Å²) in [6.07, 6.45) is 1.48. The molecule has 10 heteroatoms. The molecule has 7 nitrogen and oxygen atoms in total. The number of nitrogens with two attached hydrogens (primary N) is 1. The average Bonchev–Trinajstić information content (AvgIpc) is 3.76.